The molecule has 1 fully saturated rings. The lowest BCUT2D eigenvalue weighted by atomic mass is 9.96. The van der Waals surface area contributed by atoms with Gasteiger partial charge >= 0.3 is 0 Å². The van der Waals surface area contributed by atoms with Crippen molar-refractivity contribution in [3.8, 4) is 12.1 Å². The molecule has 1 aliphatic heterocycles. The summed E-state index contributed by atoms with van der Waals surface area (Å²) in [6.45, 7) is 4.37. The van der Waals surface area contributed by atoms with Gasteiger partial charge in [-0.25, -0.2) is 4.39 Å². The predicted octanol–water partition coefficient (Wildman–Crippen LogP) is 4.62. The van der Waals surface area contributed by atoms with Crippen molar-refractivity contribution in [1.82, 2.24) is 10.2 Å². The third-order valence-electron chi connectivity index (χ3n) is 6.74. The summed E-state index contributed by atoms with van der Waals surface area (Å²) >= 11 is 0. The molecule has 7 heteroatoms. The number of carbonyl (C=O) groups excluding carboxylic acids is 1. The van der Waals surface area contributed by atoms with Crippen molar-refractivity contribution in [2.45, 2.75) is 25.4 Å². The van der Waals surface area contributed by atoms with Crippen molar-refractivity contribution in [3.05, 3.63) is 100 Å². The van der Waals surface area contributed by atoms with Crippen LogP contribution in [0.4, 0.5) is 10.1 Å². The molecule has 3 aromatic rings. The molecule has 6 nitrogen and oxygen atoms in total. The highest BCUT2D eigenvalue weighted by molar-refractivity contribution is 5.94. The van der Waals surface area contributed by atoms with Gasteiger partial charge in [0.25, 0.3) is 5.91 Å². The molecule has 3 aromatic carbocycles. The van der Waals surface area contributed by atoms with Gasteiger partial charge in [0.2, 0.25) is 0 Å². The molecule has 4 rings (SSSR count). The van der Waals surface area contributed by atoms with Crippen LogP contribution in [0.5, 0.6) is 0 Å². The Kier molecular flexibility index (Phi) is 7.63. The van der Waals surface area contributed by atoms with Gasteiger partial charge in [0.1, 0.15) is 5.82 Å². The van der Waals surface area contributed by atoms with Crippen molar-refractivity contribution >= 4 is 11.6 Å². The number of rotatable bonds is 7. The van der Waals surface area contributed by atoms with Gasteiger partial charge in [-0.05, 0) is 66.9 Å². The number of benzene rings is 3. The molecule has 0 saturated carbocycles. The SMILES string of the molecule is CCN(C)c1ccc(C(c2ccc(C#N)cc2)N2CC[C@@H](NC(=O)c3ccc(C#N)cc3F)C2)cc1. The molecule has 1 unspecified atom stereocenters. The minimum Gasteiger partial charge on any atom is -0.375 e. The highest BCUT2D eigenvalue weighted by atomic mass is 19.1. The van der Waals surface area contributed by atoms with Crippen LogP contribution in [0.2, 0.25) is 0 Å². The predicted molar refractivity (Wildman–Crippen MR) is 137 cm³/mol. The van der Waals surface area contributed by atoms with Crippen LogP contribution in [0.15, 0.2) is 66.7 Å². The Morgan fingerprint density at radius 1 is 1.06 bits per heavy atom. The summed E-state index contributed by atoms with van der Waals surface area (Å²) < 4.78 is 14.3. The maximum Gasteiger partial charge on any atom is 0.254 e. The Morgan fingerprint density at radius 3 is 2.25 bits per heavy atom. The van der Waals surface area contributed by atoms with E-state index in [1.54, 1.807) is 0 Å². The Labute approximate surface area is 211 Å². The average Bonchev–Trinajstić information content (AvgIpc) is 3.36. The molecule has 0 radical (unpaired) electrons. The first kappa shape index (κ1) is 24.9. The van der Waals surface area contributed by atoms with Crippen LogP contribution < -0.4 is 10.2 Å². The number of nitriles is 2. The van der Waals surface area contributed by atoms with Gasteiger partial charge in [-0.15, -0.1) is 0 Å². The standard InChI is InChI=1S/C29H28FN5O/c1-3-34(2)25-11-9-23(10-12-25)28(22-7-4-20(17-31)5-8-22)35-15-14-24(19-35)33-29(36)26-13-6-21(18-32)16-27(26)30/h4-13,16,24,28H,3,14-15,19H2,1-2H3,(H,33,36)/t24-,28?/m1/s1. The monoisotopic (exact) mass is 481 g/mol. The number of hydrogen-bond acceptors (Lipinski definition) is 5. The highest BCUT2D eigenvalue weighted by Crippen LogP contribution is 2.33. The second-order valence-corrected chi connectivity index (χ2v) is 9.00. The average molecular weight is 482 g/mol. The van der Waals surface area contributed by atoms with Crippen molar-refractivity contribution < 1.29 is 9.18 Å². The molecule has 2 atom stereocenters. The third kappa shape index (κ3) is 5.38. The molecule has 0 aromatic heterocycles. The number of amides is 1. The van der Waals surface area contributed by atoms with E-state index in [9.17, 15) is 14.4 Å². The van der Waals surface area contributed by atoms with E-state index in [0.29, 0.717) is 12.1 Å². The lowest BCUT2D eigenvalue weighted by molar-refractivity contribution is 0.0933. The fourth-order valence-corrected chi connectivity index (χ4v) is 4.62. The quantitative estimate of drug-likeness (QED) is 0.533. The van der Waals surface area contributed by atoms with E-state index in [-0.39, 0.29) is 23.2 Å². The number of nitrogens with one attached hydrogen (secondary N) is 1. The zero-order valence-corrected chi connectivity index (χ0v) is 20.4. The molecule has 1 aliphatic rings. The van der Waals surface area contributed by atoms with Crippen LogP contribution in [0, 0.1) is 28.5 Å². The van der Waals surface area contributed by atoms with Crippen molar-refractivity contribution in [2.24, 2.45) is 0 Å². The van der Waals surface area contributed by atoms with E-state index in [2.05, 4.69) is 59.4 Å². The summed E-state index contributed by atoms with van der Waals surface area (Å²) in [5, 5.41) is 21.1. The maximum absolute atomic E-state index is 14.3. The summed E-state index contributed by atoms with van der Waals surface area (Å²) in [6, 6.07) is 23.8. The summed E-state index contributed by atoms with van der Waals surface area (Å²) in [6.07, 6.45) is 0.729. The summed E-state index contributed by atoms with van der Waals surface area (Å²) in [5.74, 6) is -1.18. The second-order valence-electron chi connectivity index (χ2n) is 9.00. The zero-order valence-electron chi connectivity index (χ0n) is 20.4. The number of likely N-dealkylation sites (tertiary alicyclic amines) is 1. The molecule has 1 N–H and O–H groups in total. The van der Waals surface area contributed by atoms with Crippen LogP contribution in [-0.4, -0.2) is 43.5 Å². The maximum atomic E-state index is 14.3. The molecule has 182 valence electrons. The second kappa shape index (κ2) is 11.0. The van der Waals surface area contributed by atoms with E-state index in [1.807, 2.05) is 30.3 Å². The molecule has 0 spiro atoms. The number of nitrogens with zero attached hydrogens (tertiary/aromatic N) is 4. The number of anilines is 1. The minimum atomic E-state index is -0.700. The summed E-state index contributed by atoms with van der Waals surface area (Å²) in [5.41, 5.74) is 4.04. The lowest BCUT2D eigenvalue weighted by Crippen LogP contribution is -2.38. The van der Waals surface area contributed by atoms with Crippen LogP contribution in [0.1, 0.15) is 52.0 Å². The van der Waals surface area contributed by atoms with Gasteiger partial charge in [-0.3, -0.25) is 9.69 Å². The van der Waals surface area contributed by atoms with E-state index >= 15 is 0 Å². The molecule has 1 amide bonds. The Morgan fingerprint density at radius 2 is 1.67 bits per heavy atom. The van der Waals surface area contributed by atoms with Crippen molar-refractivity contribution in [3.63, 3.8) is 0 Å². The molecule has 0 aliphatic carbocycles. The molecular weight excluding hydrogens is 453 g/mol. The molecule has 1 saturated heterocycles. The first-order valence-corrected chi connectivity index (χ1v) is 12.0. The van der Waals surface area contributed by atoms with Crippen LogP contribution in [0.3, 0.4) is 0 Å². The first-order valence-electron chi connectivity index (χ1n) is 12.0. The third-order valence-corrected chi connectivity index (χ3v) is 6.74. The largest absolute Gasteiger partial charge is 0.375 e. The van der Waals surface area contributed by atoms with Gasteiger partial charge in [-0.1, -0.05) is 24.3 Å². The number of halogens is 1. The van der Waals surface area contributed by atoms with Crippen LogP contribution in [0.25, 0.3) is 0 Å². The van der Waals surface area contributed by atoms with E-state index in [4.69, 9.17) is 5.26 Å². The minimum absolute atomic E-state index is 0.0488. The molecule has 0 bridgehead atoms. The Hall–Kier alpha value is -4.20. The lowest BCUT2D eigenvalue weighted by Gasteiger charge is -2.29. The van der Waals surface area contributed by atoms with Crippen molar-refractivity contribution in [1.29, 1.82) is 10.5 Å². The number of carbonyl (C=O) groups is 1. The van der Waals surface area contributed by atoms with Gasteiger partial charge in [0.15, 0.2) is 0 Å². The number of hydrogen-bond donors (Lipinski definition) is 1. The smallest absolute Gasteiger partial charge is 0.254 e. The van der Waals surface area contributed by atoms with Gasteiger partial charge in [0.05, 0.1) is 34.9 Å². The van der Waals surface area contributed by atoms with Crippen molar-refractivity contribution in [2.75, 3.05) is 31.6 Å². The summed E-state index contributed by atoms with van der Waals surface area (Å²) in [7, 11) is 2.05. The van der Waals surface area contributed by atoms with E-state index in [0.717, 1.165) is 42.4 Å². The molecule has 36 heavy (non-hydrogen) atoms. The Bertz CT molecular complexity index is 1310. The summed E-state index contributed by atoms with van der Waals surface area (Å²) in [4.78, 5) is 17.2. The molecule has 1 heterocycles. The Balaban J connectivity index is 1.55. The fraction of sp³-hybridized carbons (Fsp3) is 0.276. The zero-order chi connectivity index (χ0) is 25.7. The fourth-order valence-electron chi connectivity index (χ4n) is 4.62. The normalized spacial score (nSPS) is 16.1. The highest BCUT2D eigenvalue weighted by Gasteiger charge is 2.31. The topological polar surface area (TPSA) is 83.2 Å². The van der Waals surface area contributed by atoms with Gasteiger partial charge in [0, 0.05) is 38.4 Å². The van der Waals surface area contributed by atoms with Gasteiger partial charge in [-0.2, -0.15) is 10.5 Å². The first-order chi connectivity index (χ1) is 17.4. The van der Waals surface area contributed by atoms with E-state index < -0.39 is 11.7 Å². The molecular formula is C29H28FN5O. The van der Waals surface area contributed by atoms with E-state index in [1.165, 1.54) is 12.1 Å². The van der Waals surface area contributed by atoms with Crippen LogP contribution >= 0.6 is 0 Å². The van der Waals surface area contributed by atoms with Crippen LogP contribution in [-0.2, 0) is 0 Å². The van der Waals surface area contributed by atoms with Gasteiger partial charge < -0.3 is 10.2 Å².